The molecule has 122 valence electrons. The maximum Gasteiger partial charge on any atom is 0.277 e. The Labute approximate surface area is 142 Å². The minimum atomic E-state index is -0.455. The van der Waals surface area contributed by atoms with Crippen molar-refractivity contribution in [3.8, 4) is 0 Å². The molecule has 9 heteroatoms. The summed E-state index contributed by atoms with van der Waals surface area (Å²) < 4.78 is 0. The molecule has 2 N–H and O–H groups in total. The number of nitro benzene ring substituents is 1. The fraction of sp³-hybridized carbons (Fsp3) is 0.286. The van der Waals surface area contributed by atoms with Gasteiger partial charge in [0.2, 0.25) is 0 Å². The molecule has 0 atom stereocenters. The molecule has 0 fully saturated rings. The molecule has 23 heavy (non-hydrogen) atoms. The van der Waals surface area contributed by atoms with Crippen LogP contribution in [0.4, 0.5) is 11.4 Å². The molecule has 1 aliphatic heterocycles. The van der Waals surface area contributed by atoms with Crippen molar-refractivity contribution < 1.29 is 9.72 Å². The lowest BCUT2D eigenvalue weighted by atomic mass is 10.1. The predicted octanol–water partition coefficient (Wildman–Crippen LogP) is 2.18. The molecule has 0 aliphatic carbocycles. The maximum absolute atomic E-state index is 12.6. The summed E-state index contributed by atoms with van der Waals surface area (Å²) in [5.74, 6) is -0.223. The number of carbonyl (C=O) groups excluding carboxylic acids is 1. The van der Waals surface area contributed by atoms with Gasteiger partial charge in [-0.15, -0.1) is 23.7 Å². The van der Waals surface area contributed by atoms with E-state index < -0.39 is 4.92 Å². The van der Waals surface area contributed by atoms with Gasteiger partial charge in [-0.1, -0.05) is 6.07 Å². The van der Waals surface area contributed by atoms with E-state index in [0.29, 0.717) is 37.3 Å². The van der Waals surface area contributed by atoms with Crippen molar-refractivity contribution in [3.63, 3.8) is 0 Å². The molecule has 1 aliphatic rings. The van der Waals surface area contributed by atoms with E-state index in [0.717, 1.165) is 10.6 Å². The van der Waals surface area contributed by atoms with E-state index in [9.17, 15) is 14.9 Å². The number of rotatable bonds is 4. The summed E-state index contributed by atoms with van der Waals surface area (Å²) in [5.41, 5.74) is 7.38. The molecular weight excluding hydrogens is 340 g/mol. The summed E-state index contributed by atoms with van der Waals surface area (Å²) >= 11 is 1.40. The number of fused-ring (bicyclic) bond motifs is 1. The van der Waals surface area contributed by atoms with Gasteiger partial charge in [0.25, 0.3) is 11.6 Å². The van der Waals surface area contributed by atoms with Crippen molar-refractivity contribution in [2.45, 2.75) is 12.8 Å². The average Bonchev–Trinajstić information content (AvgIpc) is 3.12. The monoisotopic (exact) mass is 354 g/mol. The van der Waals surface area contributed by atoms with Crippen molar-refractivity contribution >= 4 is 41.0 Å². The first kappa shape index (κ1) is 17.3. The van der Waals surface area contributed by atoms with Gasteiger partial charge in [0.1, 0.15) is 5.69 Å². The standard InChI is InChI=1S/C14H14N4O3S.ClH/c15-5-3-13-16-11(8-22-13)14(19)17-6-4-9-1-2-10(18(20)21)7-12(9)17;/h1-2,7-8H,3-6,15H2;1H. The fourth-order valence-corrected chi connectivity index (χ4v) is 3.27. The van der Waals surface area contributed by atoms with Crippen LogP contribution in [0.2, 0.25) is 0 Å². The second-order valence-electron chi connectivity index (χ2n) is 4.94. The fourth-order valence-electron chi connectivity index (χ4n) is 2.48. The van der Waals surface area contributed by atoms with E-state index in [-0.39, 0.29) is 24.0 Å². The molecule has 0 spiro atoms. The van der Waals surface area contributed by atoms with Crippen molar-refractivity contribution in [1.82, 2.24) is 4.98 Å². The number of benzene rings is 1. The number of carbonyl (C=O) groups is 1. The summed E-state index contributed by atoms with van der Waals surface area (Å²) in [5, 5.41) is 13.4. The van der Waals surface area contributed by atoms with Gasteiger partial charge in [0, 0.05) is 30.5 Å². The molecule has 1 amide bonds. The van der Waals surface area contributed by atoms with Crippen LogP contribution < -0.4 is 10.6 Å². The number of nitro groups is 1. The summed E-state index contributed by atoms with van der Waals surface area (Å²) in [7, 11) is 0. The predicted molar refractivity (Wildman–Crippen MR) is 90.6 cm³/mol. The van der Waals surface area contributed by atoms with Gasteiger partial charge in [-0.2, -0.15) is 0 Å². The number of halogens is 1. The van der Waals surface area contributed by atoms with Gasteiger partial charge in [-0.05, 0) is 18.5 Å². The number of nitrogens with two attached hydrogens (primary N) is 1. The number of aromatic nitrogens is 1. The Balaban J connectivity index is 0.00000192. The smallest absolute Gasteiger partial charge is 0.277 e. The zero-order valence-electron chi connectivity index (χ0n) is 12.1. The third-order valence-electron chi connectivity index (χ3n) is 3.55. The lowest BCUT2D eigenvalue weighted by Crippen LogP contribution is -2.29. The van der Waals surface area contributed by atoms with Crippen LogP contribution in [0.15, 0.2) is 23.6 Å². The summed E-state index contributed by atoms with van der Waals surface area (Å²) in [4.78, 5) is 28.9. The zero-order valence-corrected chi connectivity index (χ0v) is 13.7. The van der Waals surface area contributed by atoms with Crippen LogP contribution in [0, 0.1) is 10.1 Å². The Kier molecular flexibility index (Phi) is 5.30. The number of hydrogen-bond donors (Lipinski definition) is 1. The quantitative estimate of drug-likeness (QED) is 0.669. The van der Waals surface area contributed by atoms with Gasteiger partial charge in [-0.25, -0.2) is 4.98 Å². The topological polar surface area (TPSA) is 102 Å². The molecule has 1 aromatic heterocycles. The van der Waals surface area contributed by atoms with Crippen molar-refractivity contribution in [2.24, 2.45) is 5.73 Å². The lowest BCUT2D eigenvalue weighted by Gasteiger charge is -2.15. The van der Waals surface area contributed by atoms with Crippen molar-refractivity contribution in [1.29, 1.82) is 0 Å². The SMILES string of the molecule is Cl.NCCc1nc(C(=O)N2CCc3ccc([N+](=O)[O-])cc32)cs1. The Morgan fingerprint density at radius 3 is 2.96 bits per heavy atom. The Morgan fingerprint density at radius 1 is 1.48 bits per heavy atom. The van der Waals surface area contributed by atoms with Crippen LogP contribution >= 0.6 is 23.7 Å². The third-order valence-corrected chi connectivity index (χ3v) is 4.46. The van der Waals surface area contributed by atoms with E-state index >= 15 is 0 Å². The molecule has 2 heterocycles. The van der Waals surface area contributed by atoms with Gasteiger partial charge >= 0.3 is 0 Å². The number of amides is 1. The minimum absolute atomic E-state index is 0. The normalized spacial score (nSPS) is 12.7. The van der Waals surface area contributed by atoms with E-state index in [2.05, 4.69) is 4.98 Å². The van der Waals surface area contributed by atoms with Crippen LogP contribution in [0.3, 0.4) is 0 Å². The van der Waals surface area contributed by atoms with Crippen molar-refractivity contribution in [2.75, 3.05) is 18.0 Å². The minimum Gasteiger partial charge on any atom is -0.330 e. The maximum atomic E-state index is 12.6. The number of nitrogens with zero attached hydrogens (tertiary/aromatic N) is 3. The van der Waals surface area contributed by atoms with E-state index in [1.54, 1.807) is 16.3 Å². The highest BCUT2D eigenvalue weighted by Crippen LogP contribution is 2.32. The first-order valence-electron chi connectivity index (χ1n) is 6.84. The highest BCUT2D eigenvalue weighted by Gasteiger charge is 2.28. The highest BCUT2D eigenvalue weighted by atomic mass is 35.5. The Hall–Kier alpha value is -2.03. The van der Waals surface area contributed by atoms with Crippen LogP contribution in [-0.4, -0.2) is 28.9 Å². The molecule has 3 rings (SSSR count). The number of anilines is 1. The molecule has 0 saturated carbocycles. The van der Waals surface area contributed by atoms with Crippen LogP contribution in [0.25, 0.3) is 0 Å². The number of non-ortho nitro benzene ring substituents is 1. The first-order chi connectivity index (χ1) is 10.6. The zero-order chi connectivity index (χ0) is 15.7. The largest absolute Gasteiger partial charge is 0.330 e. The molecule has 7 nitrogen and oxygen atoms in total. The van der Waals surface area contributed by atoms with Crippen LogP contribution in [0.1, 0.15) is 21.1 Å². The van der Waals surface area contributed by atoms with Crippen LogP contribution in [-0.2, 0) is 12.8 Å². The average molecular weight is 355 g/mol. The summed E-state index contributed by atoms with van der Waals surface area (Å²) in [6, 6.07) is 4.63. The van der Waals surface area contributed by atoms with E-state index in [1.165, 1.54) is 23.5 Å². The highest BCUT2D eigenvalue weighted by molar-refractivity contribution is 7.09. The Bertz CT molecular complexity index is 749. The van der Waals surface area contributed by atoms with Gasteiger partial charge in [-0.3, -0.25) is 14.9 Å². The van der Waals surface area contributed by atoms with Gasteiger partial charge in [0.05, 0.1) is 15.6 Å². The van der Waals surface area contributed by atoms with Crippen molar-refractivity contribution in [3.05, 3.63) is 50.0 Å². The summed E-state index contributed by atoms with van der Waals surface area (Å²) in [6.45, 7) is 0.999. The number of thiazole rings is 1. The van der Waals surface area contributed by atoms with E-state index in [4.69, 9.17) is 5.73 Å². The summed E-state index contributed by atoms with van der Waals surface area (Å²) in [6.07, 6.45) is 1.33. The molecule has 0 radical (unpaired) electrons. The second kappa shape index (κ2) is 7.03. The molecule has 0 unspecified atom stereocenters. The van der Waals surface area contributed by atoms with Gasteiger partial charge < -0.3 is 10.6 Å². The first-order valence-corrected chi connectivity index (χ1v) is 7.72. The molecule has 0 saturated heterocycles. The molecule has 0 bridgehead atoms. The van der Waals surface area contributed by atoms with Crippen LogP contribution in [0.5, 0.6) is 0 Å². The molecular formula is C14H15ClN4O3S. The molecule has 2 aromatic rings. The van der Waals surface area contributed by atoms with E-state index in [1.807, 2.05) is 0 Å². The van der Waals surface area contributed by atoms with Gasteiger partial charge in [0.15, 0.2) is 0 Å². The molecule has 1 aromatic carbocycles. The third kappa shape index (κ3) is 3.34. The lowest BCUT2D eigenvalue weighted by molar-refractivity contribution is -0.384. The second-order valence-corrected chi connectivity index (χ2v) is 5.88. The Morgan fingerprint density at radius 2 is 2.26 bits per heavy atom. The number of hydrogen-bond acceptors (Lipinski definition) is 6.